The minimum absolute atomic E-state index is 0.302. The number of fused-ring (bicyclic) bond motifs is 3. The zero-order chi connectivity index (χ0) is 27.7. The van der Waals surface area contributed by atoms with Crippen LogP contribution in [0, 0.1) is 5.92 Å². The van der Waals surface area contributed by atoms with Gasteiger partial charge in [-0.1, -0.05) is 57.0 Å². The van der Waals surface area contributed by atoms with E-state index in [1.165, 1.54) is 10.8 Å². The van der Waals surface area contributed by atoms with Crippen LogP contribution in [0.2, 0.25) is 10.0 Å². The number of benzene rings is 2. The molecule has 0 saturated heterocycles. The van der Waals surface area contributed by atoms with Crippen LogP contribution in [-0.4, -0.2) is 42.5 Å². The number of nitrogens with one attached hydrogen (secondary N) is 3. The van der Waals surface area contributed by atoms with Gasteiger partial charge in [-0.2, -0.15) is 4.98 Å². The summed E-state index contributed by atoms with van der Waals surface area (Å²) in [5.41, 5.74) is 2.26. The number of nitrogens with zero attached hydrogens (tertiary/aromatic N) is 5. The Balaban J connectivity index is 1.44. The third-order valence-electron chi connectivity index (χ3n) is 6.46. The lowest BCUT2D eigenvalue weighted by molar-refractivity contribution is 0.461. The molecule has 0 spiro atoms. The molecule has 11 heteroatoms. The second-order valence-electron chi connectivity index (χ2n) is 10.00. The second-order valence-corrected chi connectivity index (χ2v) is 10.8. The van der Waals surface area contributed by atoms with Crippen LogP contribution in [0.3, 0.4) is 0 Å². The SMILES string of the molecule is CC(C)NCC(Nc1ccc(Nc2ncc3c(=O)n(-c4c(Cl)cccc4Cl)c4nccn4c3n2)cc1)C(C)C. The van der Waals surface area contributed by atoms with Gasteiger partial charge in [0.1, 0.15) is 5.39 Å². The molecule has 0 fully saturated rings. The van der Waals surface area contributed by atoms with Gasteiger partial charge in [-0.25, -0.2) is 14.5 Å². The zero-order valence-corrected chi connectivity index (χ0v) is 23.6. The molecular weight excluding hydrogens is 535 g/mol. The summed E-state index contributed by atoms with van der Waals surface area (Å²) in [6, 6.07) is 13.8. The van der Waals surface area contributed by atoms with Gasteiger partial charge in [-0.3, -0.25) is 9.20 Å². The normalized spacial score (nSPS) is 12.5. The highest BCUT2D eigenvalue weighted by Crippen LogP contribution is 2.29. The third kappa shape index (κ3) is 5.56. The van der Waals surface area contributed by atoms with Crippen molar-refractivity contribution in [2.75, 3.05) is 17.2 Å². The Morgan fingerprint density at radius 1 is 0.949 bits per heavy atom. The van der Waals surface area contributed by atoms with Gasteiger partial charge in [0.05, 0.1) is 15.7 Å². The highest BCUT2D eigenvalue weighted by molar-refractivity contribution is 6.37. The van der Waals surface area contributed by atoms with Crippen molar-refractivity contribution in [3.63, 3.8) is 0 Å². The maximum absolute atomic E-state index is 13.6. The van der Waals surface area contributed by atoms with Crippen molar-refractivity contribution in [2.45, 2.75) is 39.8 Å². The van der Waals surface area contributed by atoms with Crippen LogP contribution in [0.25, 0.3) is 22.5 Å². The van der Waals surface area contributed by atoms with E-state index in [2.05, 4.69) is 58.6 Å². The number of aromatic nitrogens is 5. The van der Waals surface area contributed by atoms with Crippen molar-refractivity contribution >= 4 is 57.3 Å². The van der Waals surface area contributed by atoms with E-state index in [-0.39, 0.29) is 5.56 Å². The van der Waals surface area contributed by atoms with Crippen molar-refractivity contribution in [3.8, 4) is 5.69 Å². The van der Waals surface area contributed by atoms with Gasteiger partial charge in [0.2, 0.25) is 11.7 Å². The van der Waals surface area contributed by atoms with Crippen LogP contribution in [0.5, 0.6) is 0 Å². The highest BCUT2D eigenvalue weighted by Gasteiger charge is 2.19. The van der Waals surface area contributed by atoms with E-state index in [0.717, 1.165) is 17.9 Å². The van der Waals surface area contributed by atoms with E-state index in [4.69, 9.17) is 23.2 Å². The first-order valence-corrected chi connectivity index (χ1v) is 13.5. The zero-order valence-electron chi connectivity index (χ0n) is 22.1. The minimum Gasteiger partial charge on any atom is -0.381 e. The molecule has 39 heavy (non-hydrogen) atoms. The molecule has 0 bridgehead atoms. The van der Waals surface area contributed by atoms with Crippen LogP contribution >= 0.6 is 23.2 Å². The van der Waals surface area contributed by atoms with Crippen molar-refractivity contribution in [2.24, 2.45) is 5.92 Å². The lowest BCUT2D eigenvalue weighted by Gasteiger charge is -2.25. The first-order valence-electron chi connectivity index (χ1n) is 12.8. The summed E-state index contributed by atoms with van der Waals surface area (Å²) in [6.45, 7) is 9.60. The van der Waals surface area contributed by atoms with E-state index in [1.54, 1.807) is 35.0 Å². The summed E-state index contributed by atoms with van der Waals surface area (Å²) in [5, 5.41) is 11.3. The topological polar surface area (TPSA) is 101 Å². The molecule has 0 aliphatic carbocycles. The molecule has 2 aromatic carbocycles. The predicted octanol–water partition coefficient (Wildman–Crippen LogP) is 5.91. The van der Waals surface area contributed by atoms with Crippen LogP contribution in [0.4, 0.5) is 17.3 Å². The molecule has 9 nitrogen and oxygen atoms in total. The molecular formula is C28H30Cl2N8O. The second kappa shape index (κ2) is 11.2. The van der Waals surface area contributed by atoms with E-state index < -0.39 is 0 Å². The Hall–Kier alpha value is -3.66. The Labute approximate surface area is 236 Å². The van der Waals surface area contributed by atoms with Crippen LogP contribution in [-0.2, 0) is 0 Å². The number of imidazole rings is 1. The molecule has 5 aromatic rings. The largest absolute Gasteiger partial charge is 0.381 e. The maximum atomic E-state index is 13.6. The summed E-state index contributed by atoms with van der Waals surface area (Å²) in [5.74, 6) is 1.17. The molecule has 3 N–H and O–H groups in total. The van der Waals surface area contributed by atoms with E-state index >= 15 is 0 Å². The first-order chi connectivity index (χ1) is 18.7. The summed E-state index contributed by atoms with van der Waals surface area (Å²) in [4.78, 5) is 27.0. The van der Waals surface area contributed by atoms with E-state index in [0.29, 0.717) is 56.5 Å². The van der Waals surface area contributed by atoms with Crippen molar-refractivity contribution in [1.29, 1.82) is 0 Å². The highest BCUT2D eigenvalue weighted by atomic mass is 35.5. The molecule has 0 aliphatic rings. The van der Waals surface area contributed by atoms with Gasteiger partial charge in [0, 0.05) is 48.6 Å². The van der Waals surface area contributed by atoms with Crippen LogP contribution in [0.1, 0.15) is 27.7 Å². The lowest BCUT2D eigenvalue weighted by Crippen LogP contribution is -2.39. The van der Waals surface area contributed by atoms with E-state index in [1.807, 2.05) is 24.3 Å². The molecule has 0 amide bonds. The van der Waals surface area contributed by atoms with Gasteiger partial charge in [0.25, 0.3) is 5.56 Å². The fourth-order valence-corrected chi connectivity index (χ4v) is 4.88. The predicted molar refractivity (Wildman–Crippen MR) is 159 cm³/mol. The lowest BCUT2D eigenvalue weighted by atomic mass is 10.0. The Morgan fingerprint density at radius 2 is 1.64 bits per heavy atom. The fourth-order valence-electron chi connectivity index (χ4n) is 4.32. The quantitative estimate of drug-likeness (QED) is 0.204. The average molecular weight is 566 g/mol. The third-order valence-corrected chi connectivity index (χ3v) is 7.07. The first kappa shape index (κ1) is 26.9. The Morgan fingerprint density at radius 3 is 2.31 bits per heavy atom. The molecule has 3 heterocycles. The maximum Gasteiger partial charge on any atom is 0.270 e. The molecule has 1 unspecified atom stereocenters. The van der Waals surface area contributed by atoms with Gasteiger partial charge in [-0.15, -0.1) is 0 Å². The molecule has 0 saturated carbocycles. The number of para-hydroxylation sites is 1. The molecule has 0 radical (unpaired) electrons. The van der Waals surface area contributed by atoms with Crippen LogP contribution < -0.4 is 21.5 Å². The molecule has 1 atom stereocenters. The number of halogens is 2. The average Bonchev–Trinajstić information content (AvgIpc) is 3.39. The summed E-state index contributed by atoms with van der Waals surface area (Å²) in [7, 11) is 0. The monoisotopic (exact) mass is 564 g/mol. The van der Waals surface area contributed by atoms with Gasteiger partial charge >= 0.3 is 0 Å². The summed E-state index contributed by atoms with van der Waals surface area (Å²) >= 11 is 12.8. The number of hydrogen-bond donors (Lipinski definition) is 3. The van der Waals surface area contributed by atoms with Gasteiger partial charge in [-0.05, 0) is 42.3 Å². The summed E-state index contributed by atoms with van der Waals surface area (Å²) in [6.07, 6.45) is 4.82. The molecule has 3 aromatic heterocycles. The van der Waals surface area contributed by atoms with Gasteiger partial charge < -0.3 is 16.0 Å². The Bertz CT molecular complexity index is 1660. The standard InChI is InChI=1S/C28H30Cl2N8O/c1-16(2)23(15-32-17(3)4)34-18-8-10-19(11-9-18)35-27-33-14-20-25(36-27)37-13-12-31-28(37)38(26(20)39)24-21(29)6-5-7-22(24)30/h5-14,16-17,23,32,34H,15H2,1-4H3,(H,33,35,36). The van der Waals surface area contributed by atoms with Crippen molar-refractivity contribution < 1.29 is 0 Å². The molecule has 0 aliphatic heterocycles. The van der Waals surface area contributed by atoms with Crippen LogP contribution in [0.15, 0.2) is 65.8 Å². The number of hydrogen-bond acceptors (Lipinski definition) is 7. The van der Waals surface area contributed by atoms with E-state index in [9.17, 15) is 4.79 Å². The summed E-state index contributed by atoms with van der Waals surface area (Å²) < 4.78 is 3.10. The van der Waals surface area contributed by atoms with Gasteiger partial charge in [0.15, 0.2) is 5.65 Å². The fraction of sp³-hybridized carbons (Fsp3) is 0.286. The number of anilines is 3. The van der Waals surface area contributed by atoms with Crippen molar-refractivity contribution in [3.05, 3.63) is 81.5 Å². The Kier molecular flexibility index (Phi) is 7.74. The molecule has 202 valence electrons. The smallest absolute Gasteiger partial charge is 0.270 e. The van der Waals surface area contributed by atoms with Crippen molar-refractivity contribution in [1.82, 2.24) is 29.2 Å². The molecule has 5 rings (SSSR count). The minimum atomic E-state index is -0.368. The number of rotatable bonds is 9.